The van der Waals surface area contributed by atoms with E-state index in [1.807, 2.05) is 35.7 Å². The fraction of sp³-hybridized carbons (Fsp3) is 0.0833. The van der Waals surface area contributed by atoms with Crippen molar-refractivity contribution in [3.63, 3.8) is 0 Å². The molecule has 0 aliphatic carbocycles. The van der Waals surface area contributed by atoms with E-state index in [-0.39, 0.29) is 0 Å². The number of hydrogen-bond acceptors (Lipinski definition) is 5. The lowest BCUT2D eigenvalue weighted by molar-refractivity contribution is 0.306. The maximum atomic E-state index is 6.05. The van der Waals surface area contributed by atoms with Crippen LogP contribution in [-0.4, -0.2) is 11.2 Å². The number of rotatable bonds is 7. The van der Waals surface area contributed by atoms with Crippen molar-refractivity contribution < 1.29 is 4.74 Å². The van der Waals surface area contributed by atoms with Gasteiger partial charge in [-0.05, 0) is 42.3 Å². The highest BCUT2D eigenvalue weighted by Gasteiger charge is 2.04. The summed E-state index contributed by atoms with van der Waals surface area (Å²) in [4.78, 5) is 4.58. The maximum Gasteiger partial charge on any atom is 0.203 e. The average Bonchev–Trinajstić information content (AvgIpc) is 3.24. The molecule has 0 aliphatic heterocycles. The number of ether oxygens (including phenoxy) is 1. The lowest BCUT2D eigenvalue weighted by Gasteiger charge is -2.07. The van der Waals surface area contributed by atoms with Crippen LogP contribution in [0.25, 0.3) is 11.3 Å². The summed E-state index contributed by atoms with van der Waals surface area (Å²) in [6, 6.07) is 21.5. The second-order valence-electron chi connectivity index (χ2n) is 6.88. The van der Waals surface area contributed by atoms with Crippen LogP contribution >= 0.6 is 34.5 Å². The minimum Gasteiger partial charge on any atom is -0.489 e. The normalized spacial score (nSPS) is 11.1. The van der Waals surface area contributed by atoms with E-state index in [0.717, 1.165) is 33.3 Å². The Hall–Kier alpha value is -2.86. The van der Waals surface area contributed by atoms with Crippen LogP contribution in [0.4, 0.5) is 5.13 Å². The first-order chi connectivity index (χ1) is 15.1. The molecule has 0 saturated carbocycles. The smallest absolute Gasteiger partial charge is 0.203 e. The quantitative estimate of drug-likeness (QED) is 0.226. The molecule has 31 heavy (non-hydrogen) atoms. The number of halogens is 2. The summed E-state index contributed by atoms with van der Waals surface area (Å²) in [5.74, 6) is 0.742. The Morgan fingerprint density at radius 3 is 2.68 bits per heavy atom. The van der Waals surface area contributed by atoms with E-state index >= 15 is 0 Å². The summed E-state index contributed by atoms with van der Waals surface area (Å²) in [6.45, 7) is 2.47. The van der Waals surface area contributed by atoms with E-state index in [0.29, 0.717) is 16.7 Å². The summed E-state index contributed by atoms with van der Waals surface area (Å²) < 4.78 is 5.86. The van der Waals surface area contributed by atoms with Crippen molar-refractivity contribution >= 4 is 45.9 Å². The standard InChI is InChI=1S/C24H19Cl2N3OS/c1-16-5-8-19(9-6-16)23-15-31-24(28-23)29-27-13-17-3-2-4-20(11-17)30-14-18-7-10-21(25)22(26)12-18/h2-13,15H,14H2,1H3,(H,28,29)/b27-13-. The molecule has 3 aromatic carbocycles. The molecular weight excluding hydrogens is 449 g/mol. The molecule has 0 amide bonds. The highest BCUT2D eigenvalue weighted by atomic mass is 35.5. The molecule has 0 aliphatic rings. The minimum atomic E-state index is 0.399. The molecule has 0 radical (unpaired) electrons. The third kappa shape index (κ3) is 5.85. The predicted molar refractivity (Wildman–Crippen MR) is 131 cm³/mol. The van der Waals surface area contributed by atoms with E-state index in [1.165, 1.54) is 16.9 Å². The van der Waals surface area contributed by atoms with E-state index in [9.17, 15) is 0 Å². The fourth-order valence-corrected chi connectivity index (χ4v) is 3.81. The number of hydrazone groups is 1. The summed E-state index contributed by atoms with van der Waals surface area (Å²) >= 11 is 13.5. The fourth-order valence-electron chi connectivity index (χ4n) is 2.82. The number of hydrogen-bond donors (Lipinski definition) is 1. The van der Waals surface area contributed by atoms with Crippen molar-refractivity contribution in [2.75, 3.05) is 5.43 Å². The molecule has 0 atom stereocenters. The van der Waals surface area contributed by atoms with Gasteiger partial charge in [0.2, 0.25) is 5.13 Å². The molecule has 1 aromatic heterocycles. The van der Waals surface area contributed by atoms with Crippen molar-refractivity contribution in [2.24, 2.45) is 5.10 Å². The van der Waals surface area contributed by atoms with Crippen LogP contribution in [0, 0.1) is 6.92 Å². The Bertz CT molecular complexity index is 1210. The van der Waals surface area contributed by atoms with E-state index < -0.39 is 0 Å². The maximum absolute atomic E-state index is 6.05. The van der Waals surface area contributed by atoms with Gasteiger partial charge in [-0.1, -0.05) is 71.2 Å². The van der Waals surface area contributed by atoms with Crippen molar-refractivity contribution in [1.82, 2.24) is 4.98 Å². The van der Waals surface area contributed by atoms with Gasteiger partial charge in [0.25, 0.3) is 0 Å². The van der Waals surface area contributed by atoms with Crippen LogP contribution in [0.5, 0.6) is 5.75 Å². The lowest BCUT2D eigenvalue weighted by Crippen LogP contribution is -1.96. The number of benzene rings is 3. The first kappa shape index (κ1) is 21.4. The zero-order chi connectivity index (χ0) is 21.6. The van der Waals surface area contributed by atoms with Crippen molar-refractivity contribution in [3.8, 4) is 17.0 Å². The highest BCUT2D eigenvalue weighted by molar-refractivity contribution is 7.14. The second-order valence-corrected chi connectivity index (χ2v) is 8.56. The van der Waals surface area contributed by atoms with Crippen molar-refractivity contribution in [3.05, 3.63) is 98.8 Å². The Labute approximate surface area is 195 Å². The Kier molecular flexibility index (Phi) is 6.87. The van der Waals surface area contributed by atoms with Gasteiger partial charge in [-0.15, -0.1) is 11.3 Å². The number of aromatic nitrogens is 1. The van der Waals surface area contributed by atoms with Crippen molar-refractivity contribution in [1.29, 1.82) is 0 Å². The SMILES string of the molecule is Cc1ccc(-c2csc(N/N=C\c3cccc(OCc4ccc(Cl)c(Cl)c4)c3)n2)cc1. The summed E-state index contributed by atoms with van der Waals surface area (Å²) in [7, 11) is 0. The number of nitrogens with one attached hydrogen (secondary N) is 1. The third-order valence-corrected chi connectivity index (χ3v) is 5.96. The van der Waals surface area contributed by atoms with Crippen LogP contribution in [0.15, 0.2) is 77.2 Å². The first-order valence-electron chi connectivity index (χ1n) is 9.55. The van der Waals surface area contributed by atoms with Gasteiger partial charge in [-0.3, -0.25) is 5.43 Å². The predicted octanol–water partition coefficient (Wildman–Crippen LogP) is 7.45. The van der Waals surface area contributed by atoms with Crippen molar-refractivity contribution in [2.45, 2.75) is 13.5 Å². The largest absolute Gasteiger partial charge is 0.489 e. The van der Waals surface area contributed by atoms with Gasteiger partial charge in [0.05, 0.1) is 22.0 Å². The molecule has 1 heterocycles. The monoisotopic (exact) mass is 467 g/mol. The van der Waals surface area contributed by atoms with Gasteiger partial charge >= 0.3 is 0 Å². The molecule has 0 bridgehead atoms. The van der Waals surface area contributed by atoms with Gasteiger partial charge in [0.15, 0.2) is 0 Å². The molecule has 7 heteroatoms. The van der Waals surface area contributed by atoms with Gasteiger partial charge in [0.1, 0.15) is 12.4 Å². The highest BCUT2D eigenvalue weighted by Crippen LogP contribution is 2.25. The topological polar surface area (TPSA) is 46.5 Å². The molecule has 156 valence electrons. The zero-order valence-corrected chi connectivity index (χ0v) is 19.0. The molecule has 0 saturated heterocycles. The first-order valence-corrected chi connectivity index (χ1v) is 11.2. The molecule has 1 N–H and O–H groups in total. The third-order valence-electron chi connectivity index (χ3n) is 4.47. The molecule has 4 aromatic rings. The summed E-state index contributed by atoms with van der Waals surface area (Å²) in [5, 5.41) is 8.09. The van der Waals surface area contributed by atoms with Gasteiger partial charge in [0, 0.05) is 10.9 Å². The van der Waals surface area contributed by atoms with Crippen LogP contribution in [0.2, 0.25) is 10.0 Å². The number of nitrogens with zero attached hydrogens (tertiary/aromatic N) is 2. The molecule has 4 nitrogen and oxygen atoms in total. The Balaban J connectivity index is 1.35. The Morgan fingerprint density at radius 2 is 1.87 bits per heavy atom. The van der Waals surface area contributed by atoms with Gasteiger partial charge < -0.3 is 4.74 Å². The van der Waals surface area contributed by atoms with Gasteiger partial charge in [-0.25, -0.2) is 4.98 Å². The molecule has 0 unspecified atom stereocenters. The molecular formula is C24H19Cl2N3OS. The van der Waals surface area contributed by atoms with Gasteiger partial charge in [-0.2, -0.15) is 5.10 Å². The number of anilines is 1. The zero-order valence-electron chi connectivity index (χ0n) is 16.7. The number of aryl methyl sites for hydroxylation is 1. The van der Waals surface area contributed by atoms with Crippen LogP contribution in [0.1, 0.15) is 16.7 Å². The lowest BCUT2D eigenvalue weighted by atomic mass is 10.1. The molecule has 0 fully saturated rings. The number of thiazole rings is 1. The van der Waals surface area contributed by atoms with Crippen LogP contribution < -0.4 is 10.2 Å². The van der Waals surface area contributed by atoms with Crippen LogP contribution in [-0.2, 0) is 6.61 Å². The minimum absolute atomic E-state index is 0.399. The average molecular weight is 468 g/mol. The summed E-state index contributed by atoms with van der Waals surface area (Å²) in [6.07, 6.45) is 1.74. The second kappa shape index (κ2) is 9.96. The molecule has 0 spiro atoms. The van der Waals surface area contributed by atoms with E-state index in [2.05, 4.69) is 46.7 Å². The van der Waals surface area contributed by atoms with E-state index in [4.69, 9.17) is 27.9 Å². The van der Waals surface area contributed by atoms with Crippen LogP contribution in [0.3, 0.4) is 0 Å². The molecule has 4 rings (SSSR count). The Morgan fingerprint density at radius 1 is 1.03 bits per heavy atom. The summed E-state index contributed by atoms with van der Waals surface area (Å²) in [5.41, 5.74) is 8.10. The van der Waals surface area contributed by atoms with E-state index in [1.54, 1.807) is 18.3 Å².